The summed E-state index contributed by atoms with van der Waals surface area (Å²) in [6.45, 7) is 1.74. The van der Waals surface area contributed by atoms with E-state index in [2.05, 4.69) is 10.3 Å². The summed E-state index contributed by atoms with van der Waals surface area (Å²) in [5.74, 6) is -0.367. The van der Waals surface area contributed by atoms with E-state index in [-0.39, 0.29) is 23.3 Å². The third-order valence-corrected chi connectivity index (χ3v) is 2.95. The van der Waals surface area contributed by atoms with Gasteiger partial charge in [-0.15, -0.1) is 0 Å². The van der Waals surface area contributed by atoms with Crippen LogP contribution in [-0.4, -0.2) is 15.8 Å². The second-order valence-electron chi connectivity index (χ2n) is 4.52. The van der Waals surface area contributed by atoms with Crippen molar-refractivity contribution in [2.45, 2.75) is 13.0 Å². The summed E-state index contributed by atoms with van der Waals surface area (Å²) in [4.78, 5) is 26.2. The lowest BCUT2D eigenvalue weighted by Crippen LogP contribution is -2.27. The van der Waals surface area contributed by atoms with Gasteiger partial charge < -0.3 is 11.1 Å². The lowest BCUT2D eigenvalue weighted by atomic mass is 10.1. The maximum Gasteiger partial charge on any atom is 0.270 e. The zero-order chi connectivity index (χ0) is 15.4. The Bertz CT molecular complexity index is 670. The summed E-state index contributed by atoms with van der Waals surface area (Å²) in [5, 5.41) is 13.5. The molecule has 3 N–H and O–H groups in total. The second-order valence-corrected chi connectivity index (χ2v) is 4.52. The first-order chi connectivity index (χ1) is 9.97. The van der Waals surface area contributed by atoms with Crippen LogP contribution in [-0.2, 0) is 0 Å². The van der Waals surface area contributed by atoms with Gasteiger partial charge >= 0.3 is 0 Å². The maximum atomic E-state index is 12.0. The van der Waals surface area contributed by atoms with Gasteiger partial charge in [0.15, 0.2) is 0 Å². The van der Waals surface area contributed by atoms with E-state index in [0.29, 0.717) is 11.3 Å². The number of nitrogens with one attached hydrogen (secondary N) is 1. The van der Waals surface area contributed by atoms with Crippen molar-refractivity contribution in [1.82, 2.24) is 10.3 Å². The minimum Gasteiger partial charge on any atom is -0.397 e. The van der Waals surface area contributed by atoms with Crippen molar-refractivity contribution in [3.63, 3.8) is 0 Å². The van der Waals surface area contributed by atoms with Crippen LogP contribution >= 0.6 is 0 Å². The molecule has 0 aliphatic rings. The van der Waals surface area contributed by atoms with E-state index >= 15 is 0 Å². The third-order valence-electron chi connectivity index (χ3n) is 2.95. The standard InChI is InChI=1S/C14H14N4O3/c1-9(10-3-2-4-12(7-10)18(20)21)17-14(19)13-6-5-11(15)8-16-13/h2-9H,15H2,1H3,(H,17,19). The second kappa shape index (κ2) is 6.00. The molecule has 1 atom stereocenters. The number of anilines is 1. The smallest absolute Gasteiger partial charge is 0.270 e. The molecule has 0 radical (unpaired) electrons. The molecule has 1 unspecified atom stereocenters. The molecule has 0 saturated heterocycles. The predicted molar refractivity (Wildman–Crippen MR) is 77.6 cm³/mol. The number of nitrogens with zero attached hydrogens (tertiary/aromatic N) is 2. The van der Waals surface area contributed by atoms with Gasteiger partial charge in [0.2, 0.25) is 0 Å². The summed E-state index contributed by atoms with van der Waals surface area (Å²) in [7, 11) is 0. The Balaban J connectivity index is 2.12. The van der Waals surface area contributed by atoms with E-state index in [1.54, 1.807) is 25.1 Å². The number of non-ortho nitro benzene ring substituents is 1. The molecule has 0 saturated carbocycles. The molecule has 1 heterocycles. The number of amides is 1. The molecular formula is C14H14N4O3. The first kappa shape index (κ1) is 14.4. The normalized spacial score (nSPS) is 11.7. The summed E-state index contributed by atoms with van der Waals surface area (Å²) in [5.41, 5.74) is 6.85. The highest BCUT2D eigenvalue weighted by atomic mass is 16.6. The molecule has 0 bridgehead atoms. The Hall–Kier alpha value is -2.96. The molecule has 7 nitrogen and oxygen atoms in total. The minimum absolute atomic E-state index is 0.0146. The van der Waals surface area contributed by atoms with Gasteiger partial charge in [-0.1, -0.05) is 12.1 Å². The van der Waals surface area contributed by atoms with Crippen LogP contribution in [0.2, 0.25) is 0 Å². The van der Waals surface area contributed by atoms with Gasteiger partial charge in [-0.05, 0) is 24.6 Å². The van der Waals surface area contributed by atoms with E-state index in [0.717, 1.165) is 0 Å². The average molecular weight is 286 g/mol. The largest absolute Gasteiger partial charge is 0.397 e. The highest BCUT2D eigenvalue weighted by molar-refractivity contribution is 5.92. The monoisotopic (exact) mass is 286 g/mol. The number of nitrogen functional groups attached to an aromatic ring is 1. The van der Waals surface area contributed by atoms with Crippen molar-refractivity contribution >= 4 is 17.3 Å². The molecule has 7 heteroatoms. The van der Waals surface area contributed by atoms with Gasteiger partial charge in [-0.3, -0.25) is 14.9 Å². The van der Waals surface area contributed by atoms with Crippen LogP contribution in [0.1, 0.15) is 29.0 Å². The number of rotatable bonds is 4. The molecule has 1 amide bonds. The molecule has 2 rings (SSSR count). The molecule has 0 aliphatic carbocycles. The topological polar surface area (TPSA) is 111 Å². The Labute approximate surface area is 121 Å². The number of nitro benzene ring substituents is 1. The number of hydrogen-bond donors (Lipinski definition) is 2. The number of benzene rings is 1. The molecule has 21 heavy (non-hydrogen) atoms. The van der Waals surface area contributed by atoms with E-state index in [9.17, 15) is 14.9 Å². The van der Waals surface area contributed by atoms with Crippen molar-refractivity contribution in [3.05, 3.63) is 64.0 Å². The van der Waals surface area contributed by atoms with Crippen LogP contribution < -0.4 is 11.1 Å². The van der Waals surface area contributed by atoms with Crippen LogP contribution in [0.3, 0.4) is 0 Å². The van der Waals surface area contributed by atoms with Crippen LogP contribution in [0.5, 0.6) is 0 Å². The fourth-order valence-electron chi connectivity index (χ4n) is 1.80. The first-order valence-electron chi connectivity index (χ1n) is 6.24. The number of pyridine rings is 1. The van der Waals surface area contributed by atoms with Gasteiger partial charge in [-0.2, -0.15) is 0 Å². The lowest BCUT2D eigenvalue weighted by molar-refractivity contribution is -0.384. The summed E-state index contributed by atoms with van der Waals surface area (Å²) in [6.07, 6.45) is 1.40. The lowest BCUT2D eigenvalue weighted by Gasteiger charge is -2.13. The van der Waals surface area contributed by atoms with Gasteiger partial charge in [0.1, 0.15) is 5.69 Å². The summed E-state index contributed by atoms with van der Waals surface area (Å²) < 4.78 is 0. The highest BCUT2D eigenvalue weighted by Gasteiger charge is 2.14. The molecule has 1 aromatic heterocycles. The summed E-state index contributed by atoms with van der Waals surface area (Å²) in [6, 6.07) is 8.86. The van der Waals surface area contributed by atoms with Crippen molar-refractivity contribution in [1.29, 1.82) is 0 Å². The van der Waals surface area contributed by atoms with Crippen LogP contribution in [0, 0.1) is 10.1 Å². The number of carbonyl (C=O) groups is 1. The molecular weight excluding hydrogens is 272 g/mol. The van der Waals surface area contributed by atoms with Crippen molar-refractivity contribution < 1.29 is 9.72 Å². The predicted octanol–water partition coefficient (Wildman–Crippen LogP) is 2.06. The van der Waals surface area contributed by atoms with E-state index < -0.39 is 4.92 Å². The number of nitrogens with two attached hydrogens (primary N) is 1. The Kier molecular flexibility index (Phi) is 4.13. The number of hydrogen-bond acceptors (Lipinski definition) is 5. The SMILES string of the molecule is CC(NC(=O)c1ccc(N)cn1)c1cccc([N+](=O)[O-])c1. The molecule has 1 aromatic carbocycles. The van der Waals surface area contributed by atoms with Crippen molar-refractivity contribution in [2.24, 2.45) is 0 Å². The van der Waals surface area contributed by atoms with E-state index in [1.165, 1.54) is 24.4 Å². The Morgan fingerprint density at radius 1 is 1.38 bits per heavy atom. The first-order valence-corrected chi connectivity index (χ1v) is 6.24. The van der Waals surface area contributed by atoms with Gasteiger partial charge in [0.25, 0.3) is 11.6 Å². The molecule has 0 spiro atoms. The average Bonchev–Trinajstić information content (AvgIpc) is 2.48. The quantitative estimate of drug-likeness (QED) is 0.660. The molecule has 0 fully saturated rings. The molecule has 0 aliphatic heterocycles. The maximum absolute atomic E-state index is 12.0. The minimum atomic E-state index is -0.473. The fourth-order valence-corrected chi connectivity index (χ4v) is 1.80. The fraction of sp³-hybridized carbons (Fsp3) is 0.143. The Morgan fingerprint density at radius 3 is 2.76 bits per heavy atom. The molecule has 2 aromatic rings. The van der Waals surface area contributed by atoms with E-state index in [4.69, 9.17) is 5.73 Å². The number of carbonyl (C=O) groups excluding carboxylic acids is 1. The molecule has 108 valence electrons. The van der Waals surface area contributed by atoms with Crippen LogP contribution in [0.25, 0.3) is 0 Å². The summed E-state index contributed by atoms with van der Waals surface area (Å²) >= 11 is 0. The highest BCUT2D eigenvalue weighted by Crippen LogP contribution is 2.19. The number of aromatic nitrogens is 1. The van der Waals surface area contributed by atoms with Gasteiger partial charge in [0.05, 0.1) is 22.8 Å². The zero-order valence-corrected chi connectivity index (χ0v) is 11.3. The van der Waals surface area contributed by atoms with Gasteiger partial charge in [-0.25, -0.2) is 4.98 Å². The van der Waals surface area contributed by atoms with Crippen molar-refractivity contribution in [3.8, 4) is 0 Å². The van der Waals surface area contributed by atoms with Crippen molar-refractivity contribution in [2.75, 3.05) is 5.73 Å². The van der Waals surface area contributed by atoms with Crippen LogP contribution in [0.15, 0.2) is 42.6 Å². The Morgan fingerprint density at radius 2 is 2.14 bits per heavy atom. The number of nitro groups is 1. The zero-order valence-electron chi connectivity index (χ0n) is 11.3. The third kappa shape index (κ3) is 3.53. The van der Waals surface area contributed by atoms with E-state index in [1.807, 2.05) is 0 Å². The van der Waals surface area contributed by atoms with Crippen LogP contribution in [0.4, 0.5) is 11.4 Å². The van der Waals surface area contributed by atoms with Gasteiger partial charge in [0, 0.05) is 12.1 Å².